The first-order valence-corrected chi connectivity index (χ1v) is 6.75. The quantitative estimate of drug-likeness (QED) is 0.715. The van der Waals surface area contributed by atoms with E-state index in [0.29, 0.717) is 26.8 Å². The fourth-order valence-electron chi connectivity index (χ4n) is 1.59. The van der Waals surface area contributed by atoms with Crippen molar-refractivity contribution in [3.8, 4) is 11.6 Å². The Kier molecular flexibility index (Phi) is 4.50. The Hall–Kier alpha value is -1.03. The van der Waals surface area contributed by atoms with Gasteiger partial charge in [-0.25, -0.2) is 9.97 Å². The van der Waals surface area contributed by atoms with E-state index >= 15 is 0 Å². The molecule has 0 radical (unpaired) electrons. The Bertz CT molecular complexity index is 602. The standard InChI is InChI=1S/C13H11Cl3N2O/c1-7(2)11-12(16)17-6-18-13(11)19-10-5-8(14)3-4-9(10)15/h3-7H,1-2H3. The third-order valence-corrected chi connectivity index (χ3v) is 3.32. The van der Waals surface area contributed by atoms with Gasteiger partial charge in [0.05, 0.1) is 10.6 Å². The fourth-order valence-corrected chi connectivity index (χ4v) is 2.25. The number of nitrogens with zero attached hydrogens (tertiary/aromatic N) is 2. The first-order valence-electron chi connectivity index (χ1n) is 5.62. The minimum Gasteiger partial charge on any atom is -0.437 e. The largest absolute Gasteiger partial charge is 0.437 e. The topological polar surface area (TPSA) is 35.0 Å². The van der Waals surface area contributed by atoms with Crippen LogP contribution in [-0.4, -0.2) is 9.97 Å². The normalized spacial score (nSPS) is 10.8. The summed E-state index contributed by atoms with van der Waals surface area (Å²) in [7, 11) is 0. The molecule has 2 aromatic rings. The molecule has 100 valence electrons. The van der Waals surface area contributed by atoms with Crippen LogP contribution in [0.3, 0.4) is 0 Å². The van der Waals surface area contributed by atoms with Gasteiger partial charge in [0.1, 0.15) is 17.2 Å². The number of benzene rings is 1. The van der Waals surface area contributed by atoms with Crippen molar-refractivity contribution in [3.05, 3.63) is 45.3 Å². The molecule has 0 fully saturated rings. The highest BCUT2D eigenvalue weighted by Gasteiger charge is 2.16. The van der Waals surface area contributed by atoms with Crippen molar-refractivity contribution in [2.45, 2.75) is 19.8 Å². The molecule has 1 aromatic carbocycles. The van der Waals surface area contributed by atoms with Gasteiger partial charge in [0.15, 0.2) is 0 Å². The molecule has 0 aliphatic rings. The molecule has 6 heteroatoms. The predicted octanol–water partition coefficient (Wildman–Crippen LogP) is 5.35. The van der Waals surface area contributed by atoms with Crippen LogP contribution in [0.2, 0.25) is 15.2 Å². The van der Waals surface area contributed by atoms with E-state index in [0.717, 1.165) is 5.56 Å². The molecule has 0 bridgehead atoms. The van der Waals surface area contributed by atoms with Crippen molar-refractivity contribution in [1.82, 2.24) is 9.97 Å². The Morgan fingerprint density at radius 2 is 1.84 bits per heavy atom. The van der Waals surface area contributed by atoms with Gasteiger partial charge in [0.25, 0.3) is 0 Å². The molecular weight excluding hydrogens is 307 g/mol. The van der Waals surface area contributed by atoms with Crippen LogP contribution >= 0.6 is 34.8 Å². The zero-order valence-electron chi connectivity index (χ0n) is 10.3. The van der Waals surface area contributed by atoms with Gasteiger partial charge in [-0.3, -0.25) is 0 Å². The highest BCUT2D eigenvalue weighted by molar-refractivity contribution is 6.34. The lowest BCUT2D eigenvalue weighted by Gasteiger charge is -2.14. The molecule has 0 saturated heterocycles. The number of aromatic nitrogens is 2. The molecular formula is C13H11Cl3N2O. The molecule has 0 amide bonds. The Morgan fingerprint density at radius 3 is 2.53 bits per heavy atom. The number of hydrogen-bond acceptors (Lipinski definition) is 3. The third kappa shape index (κ3) is 3.30. The van der Waals surface area contributed by atoms with Crippen molar-refractivity contribution in [1.29, 1.82) is 0 Å². The summed E-state index contributed by atoms with van der Waals surface area (Å²) in [6, 6.07) is 4.98. The van der Waals surface area contributed by atoms with E-state index in [9.17, 15) is 0 Å². The van der Waals surface area contributed by atoms with Crippen LogP contribution in [0, 0.1) is 0 Å². The van der Waals surface area contributed by atoms with Gasteiger partial charge < -0.3 is 4.74 Å². The van der Waals surface area contributed by atoms with Crippen molar-refractivity contribution >= 4 is 34.8 Å². The van der Waals surface area contributed by atoms with Crippen molar-refractivity contribution in [3.63, 3.8) is 0 Å². The number of ether oxygens (including phenoxy) is 1. The van der Waals surface area contributed by atoms with E-state index in [1.807, 2.05) is 13.8 Å². The maximum Gasteiger partial charge on any atom is 0.227 e. The summed E-state index contributed by atoms with van der Waals surface area (Å²) in [6.07, 6.45) is 1.35. The average Bonchev–Trinajstić information content (AvgIpc) is 2.33. The molecule has 0 atom stereocenters. The summed E-state index contributed by atoms with van der Waals surface area (Å²) >= 11 is 18.0. The monoisotopic (exact) mass is 316 g/mol. The molecule has 0 aliphatic carbocycles. The first-order chi connectivity index (χ1) is 8.99. The minimum atomic E-state index is 0.127. The van der Waals surface area contributed by atoms with Gasteiger partial charge in [0, 0.05) is 11.1 Å². The molecule has 1 heterocycles. The Morgan fingerprint density at radius 1 is 1.11 bits per heavy atom. The zero-order valence-corrected chi connectivity index (χ0v) is 12.6. The van der Waals surface area contributed by atoms with E-state index < -0.39 is 0 Å². The number of hydrogen-bond donors (Lipinski definition) is 0. The van der Waals surface area contributed by atoms with E-state index in [1.54, 1.807) is 18.2 Å². The molecule has 0 unspecified atom stereocenters. The van der Waals surface area contributed by atoms with Crippen molar-refractivity contribution < 1.29 is 4.74 Å². The van der Waals surface area contributed by atoms with Crippen molar-refractivity contribution in [2.24, 2.45) is 0 Å². The summed E-state index contributed by atoms with van der Waals surface area (Å²) in [4.78, 5) is 8.07. The van der Waals surface area contributed by atoms with E-state index in [2.05, 4.69) is 9.97 Å². The second-order valence-electron chi connectivity index (χ2n) is 4.21. The Balaban J connectivity index is 2.44. The maximum absolute atomic E-state index is 6.07. The molecule has 19 heavy (non-hydrogen) atoms. The summed E-state index contributed by atoms with van der Waals surface area (Å²) in [5, 5.41) is 1.36. The molecule has 1 aromatic heterocycles. The van der Waals surface area contributed by atoms with Gasteiger partial charge in [-0.15, -0.1) is 0 Å². The van der Waals surface area contributed by atoms with Crippen LogP contribution in [-0.2, 0) is 0 Å². The average molecular weight is 318 g/mol. The number of rotatable bonds is 3. The summed E-state index contributed by atoms with van der Waals surface area (Å²) in [5.41, 5.74) is 0.736. The molecule has 3 nitrogen and oxygen atoms in total. The molecule has 0 N–H and O–H groups in total. The maximum atomic E-state index is 6.07. The smallest absolute Gasteiger partial charge is 0.227 e. The lowest BCUT2D eigenvalue weighted by atomic mass is 10.1. The highest BCUT2D eigenvalue weighted by atomic mass is 35.5. The predicted molar refractivity (Wildman–Crippen MR) is 77.7 cm³/mol. The second-order valence-corrected chi connectivity index (χ2v) is 5.42. The third-order valence-electron chi connectivity index (χ3n) is 2.48. The van der Waals surface area contributed by atoms with Crippen LogP contribution < -0.4 is 4.74 Å². The summed E-state index contributed by atoms with van der Waals surface area (Å²) < 4.78 is 5.71. The minimum absolute atomic E-state index is 0.127. The molecule has 0 spiro atoms. The van der Waals surface area contributed by atoms with Gasteiger partial charge in [-0.2, -0.15) is 0 Å². The van der Waals surface area contributed by atoms with E-state index in [-0.39, 0.29) is 5.92 Å². The van der Waals surface area contributed by atoms with Crippen molar-refractivity contribution in [2.75, 3.05) is 0 Å². The summed E-state index contributed by atoms with van der Waals surface area (Å²) in [5.74, 6) is 0.951. The second kappa shape index (κ2) is 5.95. The SMILES string of the molecule is CC(C)c1c(Cl)ncnc1Oc1cc(Cl)ccc1Cl. The van der Waals surface area contributed by atoms with E-state index in [1.165, 1.54) is 6.33 Å². The summed E-state index contributed by atoms with van der Waals surface area (Å²) in [6.45, 7) is 3.97. The lowest BCUT2D eigenvalue weighted by Crippen LogP contribution is -2.00. The number of halogens is 3. The zero-order chi connectivity index (χ0) is 14.0. The van der Waals surface area contributed by atoms with Gasteiger partial charge in [0.2, 0.25) is 5.88 Å². The molecule has 0 saturated carbocycles. The van der Waals surface area contributed by atoms with Gasteiger partial charge in [-0.1, -0.05) is 48.7 Å². The van der Waals surface area contributed by atoms with Crippen LogP contribution in [0.1, 0.15) is 25.3 Å². The highest BCUT2D eigenvalue weighted by Crippen LogP contribution is 2.36. The Labute approximate surface area is 126 Å². The first kappa shape index (κ1) is 14.4. The van der Waals surface area contributed by atoms with Gasteiger partial charge in [-0.05, 0) is 18.1 Å². The van der Waals surface area contributed by atoms with Crippen LogP contribution in [0.4, 0.5) is 0 Å². The fraction of sp³-hybridized carbons (Fsp3) is 0.231. The molecule has 2 rings (SSSR count). The van der Waals surface area contributed by atoms with Crippen LogP contribution in [0.15, 0.2) is 24.5 Å². The van der Waals surface area contributed by atoms with Gasteiger partial charge >= 0.3 is 0 Å². The molecule has 0 aliphatic heterocycles. The van der Waals surface area contributed by atoms with Crippen LogP contribution in [0.25, 0.3) is 0 Å². The lowest BCUT2D eigenvalue weighted by molar-refractivity contribution is 0.451. The van der Waals surface area contributed by atoms with E-state index in [4.69, 9.17) is 39.5 Å². The van der Waals surface area contributed by atoms with Crippen LogP contribution in [0.5, 0.6) is 11.6 Å².